The number of rotatable bonds is 6. The highest BCUT2D eigenvalue weighted by atomic mass is 32.2. The Balaban J connectivity index is 2.32. The van der Waals surface area contributed by atoms with Crippen molar-refractivity contribution in [3.05, 3.63) is 34.8 Å². The molecule has 0 aliphatic heterocycles. The van der Waals surface area contributed by atoms with E-state index in [1.165, 1.54) is 28.0 Å². The zero-order valence-corrected chi connectivity index (χ0v) is 13.4. The van der Waals surface area contributed by atoms with Crippen LogP contribution in [0.15, 0.2) is 34.8 Å². The van der Waals surface area contributed by atoms with Crippen molar-refractivity contribution >= 4 is 27.3 Å². The van der Waals surface area contributed by atoms with Crippen LogP contribution < -0.4 is 11.3 Å². The van der Waals surface area contributed by atoms with Crippen LogP contribution in [0.3, 0.4) is 0 Å². The molecule has 2 heterocycles. The molecule has 0 aromatic carbocycles. The lowest BCUT2D eigenvalue weighted by Gasteiger charge is -2.25. The summed E-state index contributed by atoms with van der Waals surface area (Å²) < 4.78 is 26.8. The minimum atomic E-state index is -3.65. The highest BCUT2D eigenvalue weighted by Gasteiger charge is 2.28. The van der Waals surface area contributed by atoms with Gasteiger partial charge in [0.1, 0.15) is 4.90 Å². The minimum absolute atomic E-state index is 0.0479. The summed E-state index contributed by atoms with van der Waals surface area (Å²) in [6.07, 6.45) is 2.50. The van der Waals surface area contributed by atoms with E-state index < -0.39 is 10.0 Å². The molecule has 2 aromatic heterocycles. The van der Waals surface area contributed by atoms with Gasteiger partial charge in [-0.05, 0) is 25.3 Å². The van der Waals surface area contributed by atoms with Crippen LogP contribution in [-0.4, -0.2) is 28.7 Å². The Kier molecular flexibility index (Phi) is 4.88. The van der Waals surface area contributed by atoms with Crippen molar-refractivity contribution in [1.29, 1.82) is 0 Å². The van der Waals surface area contributed by atoms with E-state index in [-0.39, 0.29) is 16.9 Å². The van der Waals surface area contributed by atoms with Gasteiger partial charge in [-0.25, -0.2) is 24.2 Å². The Morgan fingerprint density at radius 3 is 2.52 bits per heavy atom. The highest BCUT2D eigenvalue weighted by molar-refractivity contribution is 7.89. The summed E-state index contributed by atoms with van der Waals surface area (Å²) in [6.45, 7) is 4.00. The fraction of sp³-hybridized carbons (Fsp3) is 0.333. The lowest BCUT2D eigenvalue weighted by molar-refractivity contribution is 0.350. The first-order valence-corrected chi connectivity index (χ1v) is 8.60. The van der Waals surface area contributed by atoms with E-state index >= 15 is 0 Å². The molecule has 114 valence electrons. The quantitative estimate of drug-likeness (QED) is 0.615. The number of hydrazine groups is 1. The predicted octanol–water partition coefficient (Wildman–Crippen LogP) is 1.42. The average Bonchev–Trinajstić information content (AvgIpc) is 2.97. The number of hydrogen-bond donors (Lipinski definition) is 2. The zero-order valence-electron chi connectivity index (χ0n) is 11.7. The normalized spacial score (nSPS) is 12.0. The first-order chi connectivity index (χ1) is 9.95. The first-order valence-electron chi connectivity index (χ1n) is 6.28. The number of nitrogens with one attached hydrogen (secondary N) is 1. The minimum Gasteiger partial charge on any atom is -0.292 e. The third-order valence-electron chi connectivity index (χ3n) is 2.83. The summed E-state index contributed by atoms with van der Waals surface area (Å²) in [7, 11) is -3.65. The number of sulfonamides is 1. The van der Waals surface area contributed by atoms with Crippen molar-refractivity contribution in [2.45, 2.75) is 31.3 Å². The standard InChI is InChI=1S/C12H17N5O2S2/c1-9(2)17(8-10-4-3-5-20-10)21(18,19)11-6-14-12(16-13)15-7-11/h3-7,9H,8,13H2,1-2H3,(H,14,15,16). The molecule has 9 heteroatoms. The Morgan fingerprint density at radius 2 is 2.05 bits per heavy atom. The summed E-state index contributed by atoms with van der Waals surface area (Å²) in [4.78, 5) is 8.73. The smallest absolute Gasteiger partial charge is 0.246 e. The van der Waals surface area contributed by atoms with E-state index in [1.807, 2.05) is 31.4 Å². The van der Waals surface area contributed by atoms with E-state index in [0.717, 1.165) is 4.88 Å². The van der Waals surface area contributed by atoms with Gasteiger partial charge in [0, 0.05) is 17.5 Å². The summed E-state index contributed by atoms with van der Waals surface area (Å²) in [6, 6.07) is 3.63. The van der Waals surface area contributed by atoms with Crippen molar-refractivity contribution in [1.82, 2.24) is 14.3 Å². The van der Waals surface area contributed by atoms with Crippen LogP contribution in [0, 0.1) is 0 Å². The first kappa shape index (κ1) is 15.8. The molecule has 21 heavy (non-hydrogen) atoms. The molecule has 0 aliphatic rings. The number of nitrogen functional groups attached to an aromatic ring is 1. The fourth-order valence-electron chi connectivity index (χ4n) is 1.76. The maximum Gasteiger partial charge on any atom is 0.246 e. The number of hydrogen-bond acceptors (Lipinski definition) is 7. The van der Waals surface area contributed by atoms with Crippen LogP contribution in [0.1, 0.15) is 18.7 Å². The van der Waals surface area contributed by atoms with Crippen LogP contribution >= 0.6 is 11.3 Å². The zero-order chi connectivity index (χ0) is 15.5. The summed E-state index contributed by atoms with van der Waals surface area (Å²) >= 11 is 1.52. The molecule has 7 nitrogen and oxygen atoms in total. The Hall–Kier alpha value is -1.55. The summed E-state index contributed by atoms with van der Waals surface area (Å²) in [5, 5.41) is 1.92. The second-order valence-electron chi connectivity index (χ2n) is 4.61. The monoisotopic (exact) mass is 327 g/mol. The summed E-state index contributed by atoms with van der Waals surface area (Å²) in [5.41, 5.74) is 2.26. The van der Waals surface area contributed by atoms with Gasteiger partial charge in [0.25, 0.3) is 0 Å². The van der Waals surface area contributed by atoms with Gasteiger partial charge in [0.15, 0.2) is 0 Å². The second-order valence-corrected chi connectivity index (χ2v) is 7.53. The molecule has 0 saturated carbocycles. The van der Waals surface area contributed by atoms with Gasteiger partial charge in [0.05, 0.1) is 12.4 Å². The van der Waals surface area contributed by atoms with Crippen molar-refractivity contribution < 1.29 is 8.42 Å². The molecule has 2 rings (SSSR count). The van der Waals surface area contributed by atoms with Gasteiger partial charge in [-0.3, -0.25) is 5.43 Å². The molecular weight excluding hydrogens is 310 g/mol. The second kappa shape index (κ2) is 6.48. The number of nitrogens with zero attached hydrogens (tertiary/aromatic N) is 3. The molecular formula is C12H17N5O2S2. The largest absolute Gasteiger partial charge is 0.292 e. The van der Waals surface area contributed by atoms with Crippen molar-refractivity contribution in [2.24, 2.45) is 5.84 Å². The van der Waals surface area contributed by atoms with E-state index in [2.05, 4.69) is 15.4 Å². The molecule has 2 aromatic rings. The van der Waals surface area contributed by atoms with Crippen LogP contribution in [0.25, 0.3) is 0 Å². The molecule has 0 spiro atoms. The van der Waals surface area contributed by atoms with Gasteiger partial charge in [-0.2, -0.15) is 4.31 Å². The lowest BCUT2D eigenvalue weighted by atomic mass is 10.4. The van der Waals surface area contributed by atoms with E-state index in [0.29, 0.717) is 6.54 Å². The number of anilines is 1. The van der Waals surface area contributed by atoms with Gasteiger partial charge in [-0.15, -0.1) is 11.3 Å². The van der Waals surface area contributed by atoms with Crippen molar-refractivity contribution in [3.8, 4) is 0 Å². The third-order valence-corrected chi connectivity index (χ3v) is 5.67. The maximum atomic E-state index is 12.7. The molecule has 0 atom stereocenters. The van der Waals surface area contributed by atoms with Crippen molar-refractivity contribution in [3.63, 3.8) is 0 Å². The SMILES string of the molecule is CC(C)N(Cc1cccs1)S(=O)(=O)c1cnc(NN)nc1. The highest BCUT2D eigenvalue weighted by Crippen LogP contribution is 2.22. The predicted molar refractivity (Wildman–Crippen MR) is 82.0 cm³/mol. The average molecular weight is 327 g/mol. The fourth-order valence-corrected chi connectivity index (χ4v) is 4.05. The van der Waals surface area contributed by atoms with Gasteiger partial charge in [-0.1, -0.05) is 6.07 Å². The van der Waals surface area contributed by atoms with Gasteiger partial charge < -0.3 is 0 Å². The van der Waals surface area contributed by atoms with Crippen LogP contribution in [0.2, 0.25) is 0 Å². The molecule has 0 fully saturated rings. The Morgan fingerprint density at radius 1 is 1.38 bits per heavy atom. The van der Waals surface area contributed by atoms with Gasteiger partial charge >= 0.3 is 0 Å². The van der Waals surface area contributed by atoms with Crippen LogP contribution in [-0.2, 0) is 16.6 Å². The Bertz CT molecular complexity index is 668. The molecule has 3 N–H and O–H groups in total. The molecule has 0 aliphatic carbocycles. The van der Waals surface area contributed by atoms with E-state index in [1.54, 1.807) is 0 Å². The van der Waals surface area contributed by atoms with Crippen LogP contribution in [0.4, 0.5) is 5.95 Å². The maximum absolute atomic E-state index is 12.7. The Labute approximate surface area is 127 Å². The van der Waals surface area contributed by atoms with Crippen molar-refractivity contribution in [2.75, 3.05) is 5.43 Å². The number of nitrogens with two attached hydrogens (primary N) is 1. The molecule has 0 amide bonds. The molecule has 0 radical (unpaired) electrons. The van der Waals surface area contributed by atoms with Gasteiger partial charge in [0.2, 0.25) is 16.0 Å². The van der Waals surface area contributed by atoms with E-state index in [9.17, 15) is 8.42 Å². The number of thiophene rings is 1. The van der Waals surface area contributed by atoms with E-state index in [4.69, 9.17) is 5.84 Å². The molecule has 0 saturated heterocycles. The number of aromatic nitrogens is 2. The lowest BCUT2D eigenvalue weighted by Crippen LogP contribution is -2.36. The summed E-state index contributed by atoms with van der Waals surface area (Å²) in [5.74, 6) is 5.34. The molecule has 0 bridgehead atoms. The topological polar surface area (TPSA) is 101 Å². The van der Waals surface area contributed by atoms with Crippen LogP contribution in [0.5, 0.6) is 0 Å². The molecule has 0 unspecified atom stereocenters. The third kappa shape index (κ3) is 3.56.